The molecule has 2 amide bonds. The zero-order valence-corrected chi connectivity index (χ0v) is 21.9. The Morgan fingerprint density at radius 2 is 1.81 bits per heavy atom. The number of nitrogens with zero attached hydrogens (tertiary/aromatic N) is 3. The zero-order chi connectivity index (χ0) is 27.8. The predicted molar refractivity (Wildman–Crippen MR) is 133 cm³/mol. The average molecular weight is 523 g/mol. The Bertz CT molecular complexity index is 1040. The minimum absolute atomic E-state index is 0.0116. The van der Waals surface area contributed by atoms with E-state index in [-0.39, 0.29) is 18.2 Å². The number of hydrogen-bond acceptors (Lipinski definition) is 6. The maximum atomic E-state index is 13.6. The topological polar surface area (TPSA) is 114 Å². The molecule has 0 spiro atoms. The van der Waals surface area contributed by atoms with Crippen molar-refractivity contribution in [2.24, 2.45) is 0 Å². The van der Waals surface area contributed by atoms with Crippen LogP contribution in [0.1, 0.15) is 64.2 Å². The SMILES string of the molecule is CC(=O)N[C@@H](Cc1cc(F)cc(F)c1)[C@H](O)[C@H]1CCCCN1C(=O)OC(C)(C)C.CC(=O)n1ccnc1. The van der Waals surface area contributed by atoms with Crippen LogP contribution in [0.25, 0.3) is 0 Å². The molecule has 2 N–H and O–H groups in total. The van der Waals surface area contributed by atoms with Crippen LogP contribution in [0, 0.1) is 11.6 Å². The number of aromatic nitrogens is 2. The Hall–Kier alpha value is -3.34. The summed E-state index contributed by atoms with van der Waals surface area (Å²) >= 11 is 0. The lowest BCUT2D eigenvalue weighted by molar-refractivity contribution is -0.121. The van der Waals surface area contributed by atoms with Crippen molar-refractivity contribution >= 4 is 17.9 Å². The summed E-state index contributed by atoms with van der Waals surface area (Å²) in [5.41, 5.74) is -0.375. The van der Waals surface area contributed by atoms with Crippen LogP contribution in [-0.2, 0) is 16.0 Å². The van der Waals surface area contributed by atoms with Gasteiger partial charge in [-0.15, -0.1) is 0 Å². The molecular formula is C26H36F2N4O5. The maximum Gasteiger partial charge on any atom is 0.410 e. The first kappa shape index (κ1) is 29.9. The standard InChI is InChI=1S/C21H30F2N2O4.C5H6N2O/c1-13(26)24-17(11-14-9-15(22)12-16(23)10-14)19(27)18-7-5-6-8-25(18)20(28)29-21(2,3)4;1-5(8)7-3-2-6-4-7/h9-10,12,17-19,27H,5-8,11H2,1-4H3,(H,24,26);2-4H,1H3/t17-,18+,19-;/m0./s1. The fourth-order valence-corrected chi connectivity index (χ4v) is 4.07. The molecule has 1 fully saturated rings. The third-order valence-corrected chi connectivity index (χ3v) is 5.62. The molecule has 1 aromatic carbocycles. The molecule has 2 aromatic rings. The van der Waals surface area contributed by atoms with Gasteiger partial charge in [0, 0.05) is 38.9 Å². The van der Waals surface area contributed by atoms with Crippen LogP contribution < -0.4 is 5.32 Å². The molecule has 2 heterocycles. The van der Waals surface area contributed by atoms with Gasteiger partial charge in [-0.1, -0.05) is 0 Å². The maximum absolute atomic E-state index is 13.6. The number of likely N-dealkylation sites (tertiary alicyclic amines) is 1. The molecule has 11 heteroatoms. The number of aliphatic hydroxyl groups excluding tert-OH is 1. The Kier molecular flexibility index (Phi) is 10.7. The van der Waals surface area contributed by atoms with E-state index >= 15 is 0 Å². The van der Waals surface area contributed by atoms with Crippen LogP contribution in [-0.4, -0.2) is 67.8 Å². The Labute approximate surface area is 215 Å². The molecule has 3 rings (SSSR count). The van der Waals surface area contributed by atoms with Gasteiger partial charge in [-0.25, -0.2) is 18.6 Å². The molecule has 9 nitrogen and oxygen atoms in total. The second-order valence-corrected chi connectivity index (χ2v) is 10.0. The number of carbonyl (C=O) groups excluding carboxylic acids is 3. The molecule has 37 heavy (non-hydrogen) atoms. The van der Waals surface area contributed by atoms with Crippen molar-refractivity contribution in [3.63, 3.8) is 0 Å². The third kappa shape index (κ3) is 9.91. The first-order valence-electron chi connectivity index (χ1n) is 12.2. The molecule has 3 atom stereocenters. The van der Waals surface area contributed by atoms with E-state index in [1.54, 1.807) is 33.2 Å². The summed E-state index contributed by atoms with van der Waals surface area (Å²) in [6, 6.07) is 1.70. The minimum Gasteiger partial charge on any atom is -0.444 e. The second-order valence-electron chi connectivity index (χ2n) is 10.0. The molecule has 204 valence electrons. The summed E-state index contributed by atoms with van der Waals surface area (Å²) in [4.78, 5) is 39.9. The van der Waals surface area contributed by atoms with Gasteiger partial charge < -0.3 is 20.1 Å². The smallest absolute Gasteiger partial charge is 0.410 e. The van der Waals surface area contributed by atoms with Crippen LogP contribution in [0.3, 0.4) is 0 Å². The van der Waals surface area contributed by atoms with Crippen molar-refractivity contribution in [1.82, 2.24) is 19.8 Å². The minimum atomic E-state index is -1.13. The number of halogens is 2. The Balaban J connectivity index is 0.000000510. The van der Waals surface area contributed by atoms with Crippen molar-refractivity contribution in [2.75, 3.05) is 6.54 Å². The summed E-state index contributed by atoms with van der Waals surface area (Å²) < 4.78 is 34.0. The second kappa shape index (κ2) is 13.3. The van der Waals surface area contributed by atoms with Crippen molar-refractivity contribution in [3.8, 4) is 0 Å². The molecule has 1 aromatic heterocycles. The molecule has 1 aliphatic heterocycles. The summed E-state index contributed by atoms with van der Waals surface area (Å²) in [5, 5.41) is 13.7. The van der Waals surface area contributed by atoms with E-state index in [0.29, 0.717) is 18.5 Å². The zero-order valence-electron chi connectivity index (χ0n) is 21.9. The van der Waals surface area contributed by atoms with Crippen molar-refractivity contribution in [3.05, 3.63) is 54.1 Å². The van der Waals surface area contributed by atoms with Crippen molar-refractivity contribution in [1.29, 1.82) is 0 Å². The summed E-state index contributed by atoms with van der Waals surface area (Å²) in [6.07, 6.45) is 5.15. The highest BCUT2D eigenvalue weighted by atomic mass is 19.1. The number of benzene rings is 1. The summed E-state index contributed by atoms with van der Waals surface area (Å²) in [6.45, 7) is 8.51. The molecule has 1 aliphatic rings. The lowest BCUT2D eigenvalue weighted by Crippen LogP contribution is -2.58. The van der Waals surface area contributed by atoms with Gasteiger partial charge in [0.1, 0.15) is 23.6 Å². The van der Waals surface area contributed by atoms with E-state index < -0.39 is 41.5 Å². The van der Waals surface area contributed by atoms with Crippen molar-refractivity contribution < 1.29 is 33.0 Å². The fraction of sp³-hybridized carbons (Fsp3) is 0.538. The van der Waals surface area contributed by atoms with Crippen LogP contribution in [0.5, 0.6) is 0 Å². The lowest BCUT2D eigenvalue weighted by atomic mass is 9.90. The number of hydrogen-bond donors (Lipinski definition) is 2. The number of imidazole rings is 1. The van der Waals surface area contributed by atoms with E-state index in [9.17, 15) is 28.3 Å². The van der Waals surface area contributed by atoms with Crippen LogP contribution in [0.2, 0.25) is 0 Å². The highest BCUT2D eigenvalue weighted by Crippen LogP contribution is 2.25. The largest absolute Gasteiger partial charge is 0.444 e. The number of amides is 2. The number of rotatable bonds is 5. The van der Waals surface area contributed by atoms with Crippen LogP contribution in [0.4, 0.5) is 13.6 Å². The molecule has 0 bridgehead atoms. The third-order valence-electron chi connectivity index (χ3n) is 5.62. The van der Waals surface area contributed by atoms with E-state index in [2.05, 4.69) is 10.3 Å². The van der Waals surface area contributed by atoms with Gasteiger partial charge >= 0.3 is 6.09 Å². The van der Waals surface area contributed by atoms with Gasteiger partial charge in [-0.05, 0) is 64.2 Å². The number of piperidine rings is 1. The first-order valence-corrected chi connectivity index (χ1v) is 12.2. The van der Waals surface area contributed by atoms with E-state index in [1.165, 1.54) is 29.6 Å². The molecular weight excluding hydrogens is 486 g/mol. The van der Waals surface area contributed by atoms with Gasteiger partial charge in [0.15, 0.2) is 0 Å². The number of carbonyl (C=O) groups is 3. The van der Waals surface area contributed by atoms with Crippen molar-refractivity contribution in [2.45, 2.75) is 84.1 Å². The average Bonchev–Trinajstić information content (AvgIpc) is 3.32. The summed E-state index contributed by atoms with van der Waals surface area (Å²) in [7, 11) is 0. The molecule has 0 saturated carbocycles. The normalized spacial score (nSPS) is 17.2. The fourth-order valence-electron chi connectivity index (χ4n) is 4.07. The van der Waals surface area contributed by atoms with Gasteiger partial charge in [0.05, 0.1) is 18.2 Å². The highest BCUT2D eigenvalue weighted by molar-refractivity contribution is 5.75. The predicted octanol–water partition coefficient (Wildman–Crippen LogP) is 3.71. The number of aliphatic hydroxyl groups is 1. The number of ether oxygens (including phenoxy) is 1. The summed E-state index contributed by atoms with van der Waals surface area (Å²) in [5.74, 6) is -1.86. The van der Waals surface area contributed by atoms with Gasteiger partial charge in [0.2, 0.25) is 11.8 Å². The first-order chi connectivity index (χ1) is 17.3. The lowest BCUT2D eigenvalue weighted by Gasteiger charge is -2.41. The van der Waals surface area contributed by atoms with Crippen LogP contribution in [0.15, 0.2) is 36.9 Å². The van der Waals surface area contributed by atoms with Gasteiger partial charge in [-0.2, -0.15) is 0 Å². The monoisotopic (exact) mass is 522 g/mol. The van der Waals surface area contributed by atoms with Gasteiger partial charge in [0.25, 0.3) is 0 Å². The Morgan fingerprint density at radius 3 is 2.30 bits per heavy atom. The quantitative estimate of drug-likeness (QED) is 0.619. The molecule has 0 radical (unpaired) electrons. The van der Waals surface area contributed by atoms with E-state index in [1.807, 2.05) is 0 Å². The van der Waals surface area contributed by atoms with E-state index in [0.717, 1.165) is 31.0 Å². The molecule has 1 saturated heterocycles. The van der Waals surface area contributed by atoms with E-state index in [4.69, 9.17) is 4.74 Å². The molecule has 0 aliphatic carbocycles. The van der Waals surface area contributed by atoms with Gasteiger partial charge in [-0.3, -0.25) is 14.2 Å². The number of nitrogens with one attached hydrogen (secondary N) is 1. The Morgan fingerprint density at radius 1 is 1.16 bits per heavy atom. The van der Waals surface area contributed by atoms with Crippen LogP contribution >= 0.6 is 0 Å². The highest BCUT2D eigenvalue weighted by Gasteiger charge is 2.38. The molecule has 0 unspecified atom stereocenters.